The molecule has 0 unspecified atom stereocenters. The van der Waals surface area contributed by atoms with Crippen LogP contribution in [0.15, 0.2) is 31.6 Å². The molecule has 0 aliphatic heterocycles. The first-order chi connectivity index (χ1) is 12.6. The summed E-state index contributed by atoms with van der Waals surface area (Å²) in [4.78, 5) is 54.0. The molecule has 0 saturated heterocycles. The van der Waals surface area contributed by atoms with E-state index < -0.39 is 11.4 Å². The van der Waals surface area contributed by atoms with Crippen LogP contribution >= 0.6 is 0 Å². The molecule has 2 aromatic rings. The summed E-state index contributed by atoms with van der Waals surface area (Å²) in [7, 11) is 0. The second kappa shape index (κ2) is 10.3. The fraction of sp³-hybridized carbons (Fsp3) is 0.500. The van der Waals surface area contributed by atoms with Crippen molar-refractivity contribution in [3.63, 3.8) is 0 Å². The lowest BCUT2D eigenvalue weighted by Crippen LogP contribution is -2.28. The summed E-state index contributed by atoms with van der Waals surface area (Å²) in [5.74, 6) is 0. The maximum Gasteiger partial charge on any atom is 0.325 e. The van der Waals surface area contributed by atoms with E-state index in [2.05, 4.69) is 30.6 Å². The summed E-state index contributed by atoms with van der Waals surface area (Å²) >= 11 is 0. The average Bonchev–Trinajstić information content (AvgIpc) is 2.59. The highest BCUT2D eigenvalue weighted by molar-refractivity contribution is 5.03. The second-order valence-electron chi connectivity index (χ2n) is 5.96. The minimum absolute atomic E-state index is 0.367. The van der Waals surface area contributed by atoms with Gasteiger partial charge in [0.15, 0.2) is 0 Å². The van der Waals surface area contributed by atoms with Crippen molar-refractivity contribution < 1.29 is 0 Å². The molecule has 2 heterocycles. The molecule has 26 heavy (non-hydrogen) atoms. The third-order valence-corrected chi connectivity index (χ3v) is 3.88. The van der Waals surface area contributed by atoms with Gasteiger partial charge < -0.3 is 20.6 Å². The Morgan fingerprint density at radius 1 is 0.654 bits per heavy atom. The molecule has 0 bridgehead atoms. The SMILES string of the molecule is O=c1[nH]cc(CNCCCCCCNCc2c[nH]c(=O)[nH]c2=O)c(=O)[nH]1. The third-order valence-electron chi connectivity index (χ3n) is 3.88. The van der Waals surface area contributed by atoms with E-state index in [4.69, 9.17) is 0 Å². The summed E-state index contributed by atoms with van der Waals surface area (Å²) in [6.07, 6.45) is 6.92. The van der Waals surface area contributed by atoms with E-state index in [1.54, 1.807) is 0 Å². The van der Waals surface area contributed by atoms with Crippen LogP contribution in [-0.2, 0) is 13.1 Å². The van der Waals surface area contributed by atoms with E-state index in [9.17, 15) is 19.2 Å². The van der Waals surface area contributed by atoms with E-state index in [0.29, 0.717) is 24.2 Å². The zero-order valence-electron chi connectivity index (χ0n) is 14.4. The average molecular weight is 364 g/mol. The number of nitrogens with one attached hydrogen (secondary N) is 6. The number of hydrogen-bond donors (Lipinski definition) is 6. The van der Waals surface area contributed by atoms with Gasteiger partial charge in [0.2, 0.25) is 0 Å². The number of hydrogen-bond acceptors (Lipinski definition) is 6. The van der Waals surface area contributed by atoms with Crippen molar-refractivity contribution in [1.82, 2.24) is 30.6 Å². The van der Waals surface area contributed by atoms with Crippen LogP contribution in [0.1, 0.15) is 36.8 Å². The quantitative estimate of drug-likeness (QED) is 0.277. The minimum Gasteiger partial charge on any atom is -0.314 e. The number of aromatic amines is 4. The Kier molecular flexibility index (Phi) is 7.77. The van der Waals surface area contributed by atoms with Crippen LogP contribution in [0, 0.1) is 0 Å². The van der Waals surface area contributed by atoms with Gasteiger partial charge in [-0.05, 0) is 25.9 Å². The van der Waals surface area contributed by atoms with Crippen molar-refractivity contribution in [1.29, 1.82) is 0 Å². The largest absolute Gasteiger partial charge is 0.325 e. The van der Waals surface area contributed by atoms with Crippen LogP contribution in [0.25, 0.3) is 0 Å². The predicted molar refractivity (Wildman–Crippen MR) is 97.2 cm³/mol. The maximum atomic E-state index is 11.5. The summed E-state index contributed by atoms with van der Waals surface area (Å²) in [6, 6.07) is 0. The van der Waals surface area contributed by atoms with Crippen LogP contribution in [0.3, 0.4) is 0 Å². The van der Waals surface area contributed by atoms with E-state index in [1.807, 2.05) is 0 Å². The molecular formula is C16H24N6O4. The highest BCUT2D eigenvalue weighted by Gasteiger charge is 2.00. The lowest BCUT2D eigenvalue weighted by atomic mass is 10.2. The molecule has 6 N–H and O–H groups in total. The predicted octanol–water partition coefficient (Wildman–Crippen LogP) is -1.12. The van der Waals surface area contributed by atoms with Gasteiger partial charge in [-0.2, -0.15) is 0 Å². The van der Waals surface area contributed by atoms with Crippen LogP contribution in [0.2, 0.25) is 0 Å². The van der Waals surface area contributed by atoms with Gasteiger partial charge in [0.05, 0.1) is 0 Å². The molecule has 0 amide bonds. The molecule has 10 nitrogen and oxygen atoms in total. The Bertz CT molecular complexity index is 834. The Hall–Kier alpha value is -2.72. The van der Waals surface area contributed by atoms with Crippen molar-refractivity contribution in [2.75, 3.05) is 13.1 Å². The van der Waals surface area contributed by atoms with Crippen molar-refractivity contribution in [3.8, 4) is 0 Å². The number of rotatable bonds is 11. The summed E-state index contributed by atoms with van der Waals surface area (Å²) in [5, 5.41) is 6.34. The summed E-state index contributed by atoms with van der Waals surface area (Å²) in [5.41, 5.74) is -0.727. The second-order valence-corrected chi connectivity index (χ2v) is 5.96. The first-order valence-electron chi connectivity index (χ1n) is 8.59. The van der Waals surface area contributed by atoms with E-state index >= 15 is 0 Å². The van der Waals surface area contributed by atoms with Crippen LogP contribution in [0.5, 0.6) is 0 Å². The number of aromatic nitrogens is 4. The van der Waals surface area contributed by atoms with Crippen molar-refractivity contribution >= 4 is 0 Å². The van der Waals surface area contributed by atoms with Gasteiger partial charge in [0.25, 0.3) is 11.1 Å². The monoisotopic (exact) mass is 364 g/mol. The van der Waals surface area contributed by atoms with E-state index in [1.165, 1.54) is 12.4 Å². The van der Waals surface area contributed by atoms with Crippen molar-refractivity contribution in [3.05, 3.63) is 65.2 Å². The summed E-state index contributed by atoms with van der Waals surface area (Å²) < 4.78 is 0. The van der Waals surface area contributed by atoms with Crippen LogP contribution < -0.4 is 33.1 Å². The van der Waals surface area contributed by atoms with Gasteiger partial charge in [-0.25, -0.2) is 9.59 Å². The molecule has 0 fully saturated rings. The van der Waals surface area contributed by atoms with Gasteiger partial charge in [-0.1, -0.05) is 12.8 Å². The Morgan fingerprint density at radius 2 is 1.08 bits per heavy atom. The molecule has 2 rings (SSSR count). The molecule has 0 aliphatic carbocycles. The van der Waals surface area contributed by atoms with E-state index in [-0.39, 0.29) is 11.1 Å². The van der Waals surface area contributed by atoms with Gasteiger partial charge >= 0.3 is 11.4 Å². The van der Waals surface area contributed by atoms with Gasteiger partial charge in [0, 0.05) is 36.6 Å². The molecule has 2 aromatic heterocycles. The van der Waals surface area contributed by atoms with Gasteiger partial charge in [0.1, 0.15) is 0 Å². The van der Waals surface area contributed by atoms with Gasteiger partial charge in [-0.3, -0.25) is 19.6 Å². The molecule has 0 radical (unpaired) electrons. The number of H-pyrrole nitrogens is 4. The van der Waals surface area contributed by atoms with Crippen LogP contribution in [0.4, 0.5) is 0 Å². The van der Waals surface area contributed by atoms with Crippen LogP contribution in [-0.4, -0.2) is 33.0 Å². The van der Waals surface area contributed by atoms with Crippen molar-refractivity contribution in [2.45, 2.75) is 38.8 Å². The lowest BCUT2D eigenvalue weighted by Gasteiger charge is -2.05. The molecule has 0 aromatic carbocycles. The lowest BCUT2D eigenvalue weighted by molar-refractivity contribution is 0.560. The Morgan fingerprint density at radius 3 is 1.46 bits per heavy atom. The molecule has 0 aliphatic rings. The van der Waals surface area contributed by atoms with Gasteiger partial charge in [-0.15, -0.1) is 0 Å². The Balaban J connectivity index is 1.49. The highest BCUT2D eigenvalue weighted by atomic mass is 16.2. The fourth-order valence-corrected chi connectivity index (χ4v) is 2.44. The van der Waals surface area contributed by atoms with E-state index in [0.717, 1.165) is 38.8 Å². The third kappa shape index (κ3) is 6.65. The standard InChI is InChI=1S/C16H24N6O4/c23-13-11(9-19-15(25)21-13)7-17-5-3-1-2-4-6-18-8-12-10-20-16(26)22-14(12)24/h9-10,17-18H,1-8H2,(H2,19,21,23,25)(H2,20,22,24,26). The zero-order valence-corrected chi connectivity index (χ0v) is 14.4. The number of unbranched alkanes of at least 4 members (excludes halogenated alkanes) is 3. The molecule has 142 valence electrons. The van der Waals surface area contributed by atoms with Crippen molar-refractivity contribution in [2.24, 2.45) is 0 Å². The molecule has 0 spiro atoms. The minimum atomic E-state index is -0.502. The normalized spacial score (nSPS) is 10.9. The molecule has 10 heteroatoms. The molecule has 0 atom stereocenters. The zero-order chi connectivity index (χ0) is 18.8. The topological polar surface area (TPSA) is 155 Å². The fourth-order valence-electron chi connectivity index (χ4n) is 2.44. The smallest absolute Gasteiger partial charge is 0.314 e. The maximum absolute atomic E-state index is 11.5. The molecule has 0 saturated carbocycles. The summed E-state index contributed by atoms with van der Waals surface area (Å²) in [6.45, 7) is 2.42. The first kappa shape index (κ1) is 19.6. The first-order valence-corrected chi connectivity index (χ1v) is 8.59. The Labute approximate surface area is 148 Å². The molecular weight excluding hydrogens is 340 g/mol. The highest BCUT2D eigenvalue weighted by Crippen LogP contribution is 1.98.